The van der Waals surface area contributed by atoms with Crippen LogP contribution in [0.15, 0.2) is 6.20 Å². The Morgan fingerprint density at radius 1 is 1.15 bits per heavy atom. The smallest absolute Gasteiger partial charge is 0.0537 e. The van der Waals surface area contributed by atoms with Gasteiger partial charge in [0.15, 0.2) is 0 Å². The highest BCUT2D eigenvalue weighted by molar-refractivity contribution is 5.26. The molecule has 0 saturated heterocycles. The fraction of sp³-hybridized carbons (Fsp3) is 0.824. The van der Waals surface area contributed by atoms with Gasteiger partial charge in [-0.3, -0.25) is 4.68 Å². The summed E-state index contributed by atoms with van der Waals surface area (Å²) in [6.07, 6.45) is 10.6. The van der Waals surface area contributed by atoms with Crippen LogP contribution in [-0.4, -0.2) is 9.78 Å². The van der Waals surface area contributed by atoms with Gasteiger partial charge in [-0.25, -0.2) is 0 Å². The lowest BCUT2D eigenvalue weighted by Gasteiger charge is -2.54. The lowest BCUT2D eigenvalue weighted by Crippen LogP contribution is -2.44. The lowest BCUT2D eigenvalue weighted by atomic mass is 9.51. The number of hydrogen-bond donors (Lipinski definition) is 1. The van der Waals surface area contributed by atoms with Gasteiger partial charge in [-0.15, -0.1) is 0 Å². The molecule has 1 heterocycles. The summed E-state index contributed by atoms with van der Waals surface area (Å²) < 4.78 is 2.29. The number of aryl methyl sites for hydroxylation is 1. The van der Waals surface area contributed by atoms with Crippen molar-refractivity contribution in [1.82, 2.24) is 9.78 Å². The molecule has 4 aliphatic rings. The number of nitrogens with zero attached hydrogens (tertiary/aromatic N) is 2. The van der Waals surface area contributed by atoms with Gasteiger partial charge in [0.05, 0.1) is 6.20 Å². The van der Waals surface area contributed by atoms with E-state index in [4.69, 9.17) is 5.73 Å². The van der Waals surface area contributed by atoms with Crippen LogP contribution in [0.1, 0.15) is 62.6 Å². The molecule has 0 unspecified atom stereocenters. The minimum absolute atomic E-state index is 0.655. The van der Waals surface area contributed by atoms with Gasteiger partial charge in [-0.05, 0) is 62.2 Å². The predicted molar refractivity (Wildman–Crippen MR) is 80.2 cm³/mol. The number of nitrogens with two attached hydrogens (primary N) is 1. The first kappa shape index (κ1) is 12.9. The summed E-state index contributed by atoms with van der Waals surface area (Å²) in [6, 6.07) is 0. The molecule has 4 saturated carbocycles. The van der Waals surface area contributed by atoms with E-state index in [1.165, 1.54) is 43.4 Å². The van der Waals surface area contributed by atoms with Crippen LogP contribution >= 0.6 is 0 Å². The minimum atomic E-state index is 0.655. The molecule has 110 valence electrons. The second-order valence-electron chi connectivity index (χ2n) is 7.44. The minimum Gasteiger partial charge on any atom is -0.326 e. The van der Waals surface area contributed by atoms with Crippen LogP contribution in [0.3, 0.4) is 0 Å². The highest BCUT2D eigenvalue weighted by Crippen LogP contribution is 2.60. The van der Waals surface area contributed by atoms with Crippen LogP contribution in [0.2, 0.25) is 0 Å². The van der Waals surface area contributed by atoms with Crippen LogP contribution < -0.4 is 5.73 Å². The Morgan fingerprint density at radius 3 is 2.35 bits per heavy atom. The van der Waals surface area contributed by atoms with E-state index in [-0.39, 0.29) is 0 Å². The topological polar surface area (TPSA) is 43.8 Å². The van der Waals surface area contributed by atoms with Gasteiger partial charge in [-0.1, -0.05) is 6.92 Å². The summed E-state index contributed by atoms with van der Waals surface area (Å²) in [7, 11) is 0. The quantitative estimate of drug-likeness (QED) is 0.915. The van der Waals surface area contributed by atoms with Gasteiger partial charge in [0.2, 0.25) is 0 Å². The summed E-state index contributed by atoms with van der Waals surface area (Å²) in [6.45, 7) is 3.95. The van der Waals surface area contributed by atoms with E-state index in [1.807, 2.05) is 6.20 Å². The van der Waals surface area contributed by atoms with E-state index in [2.05, 4.69) is 16.7 Å². The summed E-state index contributed by atoms with van der Waals surface area (Å²) in [5, 5.41) is 4.65. The van der Waals surface area contributed by atoms with Crippen molar-refractivity contribution in [3.8, 4) is 0 Å². The predicted octanol–water partition coefficient (Wildman–Crippen LogP) is 3.29. The van der Waals surface area contributed by atoms with Crippen molar-refractivity contribution in [2.45, 2.75) is 64.5 Å². The second-order valence-corrected chi connectivity index (χ2v) is 7.44. The molecule has 0 spiro atoms. The van der Waals surface area contributed by atoms with Gasteiger partial charge >= 0.3 is 0 Å². The third kappa shape index (κ3) is 1.86. The van der Waals surface area contributed by atoms with Gasteiger partial charge in [0, 0.05) is 30.3 Å². The average Bonchev–Trinajstić information content (AvgIpc) is 2.81. The van der Waals surface area contributed by atoms with Crippen molar-refractivity contribution in [2.24, 2.45) is 29.4 Å². The molecule has 5 rings (SSSR count). The van der Waals surface area contributed by atoms with Crippen LogP contribution in [0.25, 0.3) is 0 Å². The van der Waals surface area contributed by atoms with Crippen molar-refractivity contribution in [3.05, 3.63) is 17.5 Å². The molecular formula is C17H27N3. The summed E-state index contributed by atoms with van der Waals surface area (Å²) in [5.74, 6) is 4.68. The van der Waals surface area contributed by atoms with Crippen LogP contribution in [-0.2, 0) is 13.1 Å². The van der Waals surface area contributed by atoms with Crippen LogP contribution in [0.4, 0.5) is 0 Å². The highest BCUT2D eigenvalue weighted by Gasteiger charge is 2.49. The van der Waals surface area contributed by atoms with E-state index in [0.717, 1.165) is 42.6 Å². The Balaban J connectivity index is 1.71. The normalized spacial score (nSPS) is 38.6. The van der Waals surface area contributed by atoms with Gasteiger partial charge in [0.1, 0.15) is 0 Å². The molecule has 4 fully saturated rings. The zero-order chi connectivity index (χ0) is 13.7. The fourth-order valence-electron chi connectivity index (χ4n) is 5.74. The van der Waals surface area contributed by atoms with Crippen molar-refractivity contribution in [3.63, 3.8) is 0 Å². The van der Waals surface area contributed by atoms with Crippen molar-refractivity contribution in [1.29, 1.82) is 0 Å². The first-order chi connectivity index (χ1) is 9.80. The van der Waals surface area contributed by atoms with Crippen molar-refractivity contribution < 1.29 is 0 Å². The fourth-order valence-corrected chi connectivity index (χ4v) is 5.74. The lowest BCUT2D eigenvalue weighted by molar-refractivity contribution is -0.00594. The van der Waals surface area contributed by atoms with E-state index in [9.17, 15) is 0 Å². The molecule has 1 aromatic rings. The maximum Gasteiger partial charge on any atom is 0.0537 e. The molecule has 3 nitrogen and oxygen atoms in total. The van der Waals surface area contributed by atoms with Gasteiger partial charge < -0.3 is 5.73 Å². The molecule has 3 heteroatoms. The molecule has 20 heavy (non-hydrogen) atoms. The molecule has 0 atom stereocenters. The third-order valence-electron chi connectivity index (χ3n) is 6.16. The molecule has 4 aliphatic carbocycles. The molecule has 0 radical (unpaired) electrons. The largest absolute Gasteiger partial charge is 0.326 e. The van der Waals surface area contributed by atoms with E-state index < -0.39 is 0 Å². The van der Waals surface area contributed by atoms with Gasteiger partial charge in [-0.2, -0.15) is 5.10 Å². The molecule has 2 N–H and O–H groups in total. The first-order valence-corrected chi connectivity index (χ1v) is 8.54. The molecule has 0 aliphatic heterocycles. The van der Waals surface area contributed by atoms with E-state index in [0.29, 0.717) is 6.54 Å². The Labute approximate surface area is 121 Å². The highest BCUT2D eigenvalue weighted by atomic mass is 15.3. The summed E-state index contributed by atoms with van der Waals surface area (Å²) >= 11 is 0. The third-order valence-corrected chi connectivity index (χ3v) is 6.16. The number of aromatic nitrogens is 2. The molecular weight excluding hydrogens is 246 g/mol. The van der Waals surface area contributed by atoms with Crippen LogP contribution in [0, 0.1) is 23.7 Å². The van der Waals surface area contributed by atoms with E-state index >= 15 is 0 Å². The zero-order valence-corrected chi connectivity index (χ0v) is 12.6. The maximum absolute atomic E-state index is 6.00. The Hall–Kier alpha value is -0.830. The molecule has 0 aromatic carbocycles. The van der Waals surface area contributed by atoms with Gasteiger partial charge in [0.25, 0.3) is 0 Å². The summed E-state index contributed by atoms with van der Waals surface area (Å²) in [5.41, 5.74) is 8.83. The monoisotopic (exact) mass is 273 g/mol. The first-order valence-electron chi connectivity index (χ1n) is 8.54. The number of rotatable bonds is 4. The molecule has 4 bridgehead atoms. The Bertz CT molecular complexity index is 462. The standard InChI is InChI=1S/C17H27N3/c1-2-3-20-17(15(9-18)10-19-20)16-13-5-11-4-12(7-13)8-14(16)6-11/h10-14,16H,2-9,18H2,1H3. The second kappa shape index (κ2) is 4.87. The molecule has 0 amide bonds. The average molecular weight is 273 g/mol. The summed E-state index contributed by atoms with van der Waals surface area (Å²) in [4.78, 5) is 0. The van der Waals surface area contributed by atoms with Crippen molar-refractivity contribution in [2.75, 3.05) is 0 Å². The van der Waals surface area contributed by atoms with Crippen molar-refractivity contribution >= 4 is 0 Å². The zero-order valence-electron chi connectivity index (χ0n) is 12.6. The Kier molecular flexibility index (Phi) is 3.13. The maximum atomic E-state index is 6.00. The Morgan fingerprint density at radius 2 is 1.80 bits per heavy atom. The number of hydrogen-bond acceptors (Lipinski definition) is 2. The SMILES string of the molecule is CCCn1ncc(CN)c1C1C2CC3CC(C2)CC1C3. The van der Waals surface area contributed by atoms with E-state index in [1.54, 1.807) is 0 Å². The van der Waals surface area contributed by atoms with Crippen LogP contribution in [0.5, 0.6) is 0 Å². The molecule has 1 aromatic heterocycles.